The van der Waals surface area contributed by atoms with E-state index in [0.29, 0.717) is 18.4 Å². The van der Waals surface area contributed by atoms with Crippen molar-refractivity contribution in [3.05, 3.63) is 29.3 Å². The van der Waals surface area contributed by atoms with Gasteiger partial charge in [-0.3, -0.25) is 4.79 Å². The number of piperidine rings is 2. The third kappa shape index (κ3) is 3.84. The van der Waals surface area contributed by atoms with Gasteiger partial charge in [-0.25, -0.2) is 4.98 Å². The van der Waals surface area contributed by atoms with E-state index >= 15 is 0 Å². The van der Waals surface area contributed by atoms with Crippen LogP contribution in [0, 0.1) is 11.8 Å². The molecule has 2 saturated heterocycles. The van der Waals surface area contributed by atoms with Gasteiger partial charge in [-0.1, -0.05) is 31.4 Å². The molecule has 1 aliphatic carbocycles. The van der Waals surface area contributed by atoms with Gasteiger partial charge >= 0.3 is 0 Å². The molecule has 1 aromatic carbocycles. The summed E-state index contributed by atoms with van der Waals surface area (Å²) in [5.41, 5.74) is 1.14. The van der Waals surface area contributed by atoms with Gasteiger partial charge in [0.05, 0.1) is 28.3 Å². The van der Waals surface area contributed by atoms with Crippen molar-refractivity contribution in [2.75, 3.05) is 32.7 Å². The number of fused-ring (bicyclic) bond motifs is 2. The van der Waals surface area contributed by atoms with Crippen LogP contribution in [0.25, 0.3) is 10.2 Å². The molecule has 5 heteroatoms. The summed E-state index contributed by atoms with van der Waals surface area (Å²) in [5.74, 6) is 2.66. The van der Waals surface area contributed by atoms with E-state index in [0.717, 1.165) is 56.4 Å². The van der Waals surface area contributed by atoms with Gasteiger partial charge in [-0.2, -0.15) is 0 Å². The van der Waals surface area contributed by atoms with E-state index in [2.05, 4.69) is 29.2 Å². The van der Waals surface area contributed by atoms with Crippen LogP contribution in [0.2, 0.25) is 0 Å². The van der Waals surface area contributed by atoms with Crippen LogP contribution in [0.4, 0.5) is 0 Å². The maximum atomic E-state index is 12.9. The standard InChI is InChI=1S/C23H31N3OS/c27-22(26-14-11-17-5-1-2-6-19(17)15-26)16-25-12-9-18(10-13-25)23-24-20-7-3-4-8-21(20)28-23/h3-4,7-8,17-19H,1-2,5-6,9-16H2/p+1/t17-,19-/m0/s1. The minimum Gasteiger partial charge on any atom is -0.338 e. The molecule has 3 heterocycles. The third-order valence-corrected chi connectivity index (χ3v) is 8.60. The molecular weight excluding hydrogens is 366 g/mol. The van der Waals surface area contributed by atoms with Gasteiger partial charge in [-0.15, -0.1) is 11.3 Å². The number of nitrogens with one attached hydrogen (secondary N) is 1. The molecule has 5 rings (SSSR count). The second-order valence-corrected chi connectivity index (χ2v) is 10.2. The molecule has 3 aliphatic rings. The Morgan fingerprint density at radius 2 is 1.86 bits per heavy atom. The van der Waals surface area contributed by atoms with Crippen molar-refractivity contribution in [2.45, 2.75) is 50.9 Å². The molecule has 4 nitrogen and oxygen atoms in total. The zero-order chi connectivity index (χ0) is 18.9. The molecule has 2 atom stereocenters. The number of quaternary nitrogens is 1. The van der Waals surface area contributed by atoms with E-state index in [4.69, 9.17) is 4.98 Å². The number of thiazole rings is 1. The molecule has 3 fully saturated rings. The lowest BCUT2D eigenvalue weighted by atomic mass is 9.75. The Labute approximate surface area is 171 Å². The van der Waals surface area contributed by atoms with E-state index in [1.165, 1.54) is 46.7 Å². The highest BCUT2D eigenvalue weighted by Gasteiger charge is 2.34. The van der Waals surface area contributed by atoms with Crippen LogP contribution in [-0.2, 0) is 4.79 Å². The lowest BCUT2D eigenvalue weighted by Crippen LogP contribution is -3.14. The number of benzene rings is 1. The topological polar surface area (TPSA) is 37.6 Å². The van der Waals surface area contributed by atoms with Crippen LogP contribution in [0.1, 0.15) is 55.9 Å². The first-order valence-electron chi connectivity index (χ1n) is 11.2. The first-order chi connectivity index (χ1) is 13.8. The Morgan fingerprint density at radius 1 is 1.07 bits per heavy atom. The highest BCUT2D eigenvalue weighted by molar-refractivity contribution is 7.18. The summed E-state index contributed by atoms with van der Waals surface area (Å²) in [7, 11) is 0. The first kappa shape index (κ1) is 18.6. The average molecular weight is 399 g/mol. The Balaban J connectivity index is 1.13. The third-order valence-electron chi connectivity index (χ3n) is 7.40. The molecule has 1 saturated carbocycles. The molecule has 0 unspecified atom stereocenters. The summed E-state index contributed by atoms with van der Waals surface area (Å²) < 4.78 is 1.30. The number of hydrogen-bond donors (Lipinski definition) is 1. The van der Waals surface area contributed by atoms with Crippen molar-refractivity contribution in [3.8, 4) is 0 Å². The van der Waals surface area contributed by atoms with Crippen molar-refractivity contribution < 1.29 is 9.69 Å². The van der Waals surface area contributed by atoms with Crippen molar-refractivity contribution in [1.82, 2.24) is 9.88 Å². The van der Waals surface area contributed by atoms with E-state index in [1.807, 2.05) is 11.3 Å². The van der Waals surface area contributed by atoms with Gasteiger partial charge in [0.25, 0.3) is 5.91 Å². The Morgan fingerprint density at radius 3 is 2.68 bits per heavy atom. The summed E-state index contributed by atoms with van der Waals surface area (Å²) in [6.07, 6.45) is 9.08. The second kappa shape index (κ2) is 8.11. The summed E-state index contributed by atoms with van der Waals surface area (Å²) in [4.78, 5) is 21.4. The van der Waals surface area contributed by atoms with Crippen LogP contribution < -0.4 is 4.90 Å². The minimum absolute atomic E-state index is 0.400. The quantitative estimate of drug-likeness (QED) is 0.863. The zero-order valence-electron chi connectivity index (χ0n) is 16.7. The van der Waals surface area contributed by atoms with E-state index in [1.54, 1.807) is 0 Å². The van der Waals surface area contributed by atoms with Gasteiger partial charge in [0.1, 0.15) is 0 Å². The fourth-order valence-electron chi connectivity index (χ4n) is 5.67. The number of aromatic nitrogens is 1. The molecule has 28 heavy (non-hydrogen) atoms. The molecule has 2 aromatic rings. The fraction of sp³-hybridized carbons (Fsp3) is 0.652. The average Bonchev–Trinajstić information content (AvgIpc) is 3.18. The summed E-state index contributed by atoms with van der Waals surface area (Å²) in [6.45, 7) is 4.94. The van der Waals surface area contributed by atoms with Crippen LogP contribution in [0.3, 0.4) is 0 Å². The van der Waals surface area contributed by atoms with Crippen LogP contribution in [-0.4, -0.2) is 48.5 Å². The van der Waals surface area contributed by atoms with E-state index < -0.39 is 0 Å². The number of nitrogens with zero attached hydrogens (tertiary/aromatic N) is 2. The lowest BCUT2D eigenvalue weighted by molar-refractivity contribution is -0.897. The lowest BCUT2D eigenvalue weighted by Gasteiger charge is -2.41. The van der Waals surface area contributed by atoms with Gasteiger partial charge in [0.15, 0.2) is 6.54 Å². The summed E-state index contributed by atoms with van der Waals surface area (Å²) in [5, 5.41) is 1.30. The van der Waals surface area contributed by atoms with Gasteiger partial charge in [0.2, 0.25) is 0 Å². The molecular formula is C23H32N3OS+. The number of likely N-dealkylation sites (tertiary alicyclic amines) is 2. The van der Waals surface area contributed by atoms with Crippen molar-refractivity contribution >= 4 is 27.5 Å². The number of carbonyl (C=O) groups is 1. The van der Waals surface area contributed by atoms with Crippen LogP contribution in [0.15, 0.2) is 24.3 Å². The summed E-state index contributed by atoms with van der Waals surface area (Å²) in [6, 6.07) is 8.45. The SMILES string of the molecule is O=C(C[NH+]1CCC(c2nc3ccccc3s2)CC1)N1CC[C@@H]2CCCC[C@H]2C1. The number of carbonyl (C=O) groups excluding carboxylic acids is 1. The maximum absolute atomic E-state index is 12.9. The Kier molecular flexibility index (Phi) is 5.38. The highest BCUT2D eigenvalue weighted by Crippen LogP contribution is 2.36. The largest absolute Gasteiger partial charge is 0.338 e. The number of amides is 1. The van der Waals surface area contributed by atoms with Gasteiger partial charge in [-0.05, 0) is 36.8 Å². The minimum atomic E-state index is 0.400. The number of hydrogen-bond acceptors (Lipinski definition) is 3. The Bertz CT molecular complexity index is 793. The molecule has 1 amide bonds. The maximum Gasteiger partial charge on any atom is 0.277 e. The van der Waals surface area contributed by atoms with E-state index in [-0.39, 0.29) is 0 Å². The molecule has 0 spiro atoms. The predicted molar refractivity (Wildman–Crippen MR) is 114 cm³/mol. The van der Waals surface area contributed by atoms with Crippen molar-refractivity contribution in [2.24, 2.45) is 11.8 Å². The van der Waals surface area contributed by atoms with Crippen molar-refractivity contribution in [3.63, 3.8) is 0 Å². The smallest absolute Gasteiger partial charge is 0.277 e. The van der Waals surface area contributed by atoms with Gasteiger partial charge in [0, 0.05) is 31.8 Å². The molecule has 1 aromatic heterocycles. The molecule has 150 valence electrons. The zero-order valence-corrected chi connectivity index (χ0v) is 17.6. The highest BCUT2D eigenvalue weighted by atomic mass is 32.1. The number of para-hydroxylation sites is 1. The molecule has 0 radical (unpaired) electrons. The number of rotatable bonds is 3. The monoisotopic (exact) mass is 398 g/mol. The fourth-order valence-corrected chi connectivity index (χ4v) is 6.80. The van der Waals surface area contributed by atoms with E-state index in [9.17, 15) is 4.79 Å². The van der Waals surface area contributed by atoms with Crippen LogP contribution in [0.5, 0.6) is 0 Å². The second-order valence-electron chi connectivity index (χ2n) is 9.15. The summed E-state index contributed by atoms with van der Waals surface area (Å²) >= 11 is 1.86. The van der Waals surface area contributed by atoms with Crippen molar-refractivity contribution in [1.29, 1.82) is 0 Å². The first-order valence-corrected chi connectivity index (χ1v) is 12.0. The van der Waals surface area contributed by atoms with Crippen LogP contribution >= 0.6 is 11.3 Å². The predicted octanol–water partition coefficient (Wildman–Crippen LogP) is 3.10. The molecule has 1 N–H and O–H groups in total. The Hall–Kier alpha value is -1.46. The molecule has 2 aliphatic heterocycles. The normalized spacial score (nSPS) is 30.9. The molecule has 0 bridgehead atoms. The van der Waals surface area contributed by atoms with Gasteiger partial charge < -0.3 is 9.80 Å².